The molecule has 43 heavy (non-hydrogen) atoms. The molecule has 2 N–H and O–H groups in total. The van der Waals surface area contributed by atoms with E-state index < -0.39 is 20.0 Å². The maximum absolute atomic E-state index is 12.3. The Bertz CT molecular complexity index is 1000. The quantitative estimate of drug-likeness (QED) is 0.0840. The van der Waals surface area contributed by atoms with Crippen molar-refractivity contribution in [2.24, 2.45) is 0 Å². The van der Waals surface area contributed by atoms with Crippen LogP contribution in [0.3, 0.4) is 0 Å². The Kier molecular flexibility index (Phi) is 24.0. The molecule has 0 aliphatic rings. The fraction of sp³-hybridized carbons (Fsp3) is 0.833. The van der Waals surface area contributed by atoms with Crippen molar-refractivity contribution >= 4 is 24.6 Å². The predicted octanol–water partition coefficient (Wildman–Crippen LogP) is 3.25. The Labute approximate surface area is 281 Å². The number of nitrogens with zero attached hydrogens (tertiary/aromatic N) is 4. The SMILES string of the molecule is CCCCCCCCCCCCCCCCCCOCCOP(=O)([O-])CO[C@@H](COC)Cn1cnc2c(N)ncnc21.[Na+]. The number of imidazole rings is 1. The van der Waals surface area contributed by atoms with Crippen LogP contribution in [0.25, 0.3) is 11.2 Å². The van der Waals surface area contributed by atoms with E-state index in [2.05, 4.69) is 21.9 Å². The van der Waals surface area contributed by atoms with Crippen molar-refractivity contribution in [3.8, 4) is 0 Å². The number of fused-ring (bicyclic) bond motifs is 1. The second-order valence-corrected chi connectivity index (χ2v) is 12.8. The van der Waals surface area contributed by atoms with Crippen molar-refractivity contribution in [3.63, 3.8) is 0 Å². The zero-order chi connectivity index (χ0) is 30.3. The first-order chi connectivity index (χ1) is 20.5. The molecule has 0 saturated carbocycles. The molecule has 0 amide bonds. The van der Waals surface area contributed by atoms with Gasteiger partial charge in [-0.25, -0.2) is 15.0 Å². The van der Waals surface area contributed by atoms with Crippen molar-refractivity contribution in [1.82, 2.24) is 19.5 Å². The van der Waals surface area contributed by atoms with Gasteiger partial charge in [-0.15, -0.1) is 0 Å². The summed E-state index contributed by atoms with van der Waals surface area (Å²) in [6, 6.07) is 0. The van der Waals surface area contributed by atoms with E-state index >= 15 is 0 Å². The van der Waals surface area contributed by atoms with Crippen molar-refractivity contribution in [2.45, 2.75) is 122 Å². The van der Waals surface area contributed by atoms with E-state index in [0.29, 0.717) is 17.8 Å². The van der Waals surface area contributed by atoms with Crippen LogP contribution in [0.15, 0.2) is 12.7 Å². The van der Waals surface area contributed by atoms with Crippen LogP contribution in [0, 0.1) is 0 Å². The van der Waals surface area contributed by atoms with Crippen molar-refractivity contribution in [1.29, 1.82) is 0 Å². The molecule has 0 radical (unpaired) electrons. The van der Waals surface area contributed by atoms with Gasteiger partial charge in [-0.2, -0.15) is 0 Å². The largest absolute Gasteiger partial charge is 1.00 e. The molecule has 0 spiro atoms. The molecule has 0 saturated heterocycles. The van der Waals surface area contributed by atoms with Gasteiger partial charge in [0.2, 0.25) is 0 Å². The first-order valence-corrected chi connectivity index (χ1v) is 17.7. The number of aromatic nitrogens is 4. The van der Waals surface area contributed by atoms with Gasteiger partial charge in [-0.05, 0) is 6.42 Å². The second kappa shape index (κ2) is 25.6. The number of nitrogens with two attached hydrogens (primary N) is 1. The fourth-order valence-electron chi connectivity index (χ4n) is 4.91. The van der Waals surface area contributed by atoms with Crippen LogP contribution in [0.1, 0.15) is 110 Å². The molecule has 0 fully saturated rings. The van der Waals surface area contributed by atoms with E-state index in [-0.39, 0.29) is 61.7 Å². The Morgan fingerprint density at radius 1 is 0.860 bits per heavy atom. The summed E-state index contributed by atoms with van der Waals surface area (Å²) in [5.74, 6) is 0.275. The summed E-state index contributed by atoms with van der Waals surface area (Å²) in [6.07, 6.45) is 23.0. The van der Waals surface area contributed by atoms with E-state index in [4.69, 9.17) is 24.5 Å². The molecule has 0 aliphatic carbocycles. The summed E-state index contributed by atoms with van der Waals surface area (Å²) in [5.41, 5.74) is 6.85. The van der Waals surface area contributed by atoms with Gasteiger partial charge in [-0.3, -0.25) is 0 Å². The number of nitrogen functional groups attached to an aromatic ring is 1. The Hall–Kier alpha value is -0.620. The molecule has 0 aromatic carbocycles. The summed E-state index contributed by atoms with van der Waals surface area (Å²) in [4.78, 5) is 24.7. The van der Waals surface area contributed by atoms with Crippen molar-refractivity contribution in [2.75, 3.05) is 45.6 Å². The maximum atomic E-state index is 12.3. The monoisotopic (exact) mass is 635 g/mol. The number of rotatable bonds is 28. The van der Waals surface area contributed by atoms with Gasteiger partial charge < -0.3 is 38.5 Å². The normalized spacial score (nSPS) is 13.7. The van der Waals surface area contributed by atoms with Crippen LogP contribution in [0.4, 0.5) is 5.82 Å². The van der Waals surface area contributed by atoms with Gasteiger partial charge in [0.15, 0.2) is 19.1 Å². The summed E-state index contributed by atoms with van der Waals surface area (Å²) in [6.45, 7) is 3.55. The number of ether oxygens (including phenoxy) is 3. The van der Waals surface area contributed by atoms with E-state index in [9.17, 15) is 9.46 Å². The van der Waals surface area contributed by atoms with E-state index in [1.807, 2.05) is 0 Å². The molecule has 2 aromatic rings. The molecule has 13 heteroatoms. The molecule has 2 atom stereocenters. The van der Waals surface area contributed by atoms with Crippen LogP contribution < -0.4 is 40.2 Å². The number of anilines is 1. The zero-order valence-corrected chi connectivity index (χ0v) is 29.9. The number of hydrogen-bond donors (Lipinski definition) is 1. The zero-order valence-electron chi connectivity index (χ0n) is 27.1. The van der Waals surface area contributed by atoms with Crippen molar-refractivity contribution in [3.05, 3.63) is 12.7 Å². The number of hydrogen-bond acceptors (Lipinski definition) is 10. The van der Waals surface area contributed by atoms with Crippen molar-refractivity contribution < 1.29 is 57.8 Å². The third-order valence-electron chi connectivity index (χ3n) is 7.31. The van der Waals surface area contributed by atoms with Crippen LogP contribution in [0.2, 0.25) is 0 Å². The standard InChI is InChI=1S/C30H56N5O6P.Na/c1-3-4-5-6-7-8-9-10-11-12-13-14-15-16-17-18-19-39-20-21-41-42(36,37)26-40-27(23-38-2)22-35-25-34-28-29(31)32-24-33-30(28)35;/h24-25,27H,3-23,26H2,1-2H3,(H,36,37)(H2,31,32,33);/q;+1/p-1/t27-;/m1./s1. The summed E-state index contributed by atoms with van der Waals surface area (Å²) < 4.78 is 35.5. The van der Waals surface area contributed by atoms with E-state index in [1.54, 1.807) is 10.9 Å². The molecule has 0 aliphatic heterocycles. The molecular formula is C30H55N5NaO6P. The topological polar surface area (TPSA) is 147 Å². The predicted molar refractivity (Wildman–Crippen MR) is 165 cm³/mol. The van der Waals surface area contributed by atoms with Crippen LogP contribution in [-0.4, -0.2) is 65.5 Å². The first-order valence-electron chi connectivity index (χ1n) is 16.0. The van der Waals surface area contributed by atoms with E-state index in [1.165, 1.54) is 103 Å². The third kappa shape index (κ3) is 18.8. The molecule has 1 unspecified atom stereocenters. The molecule has 2 aromatic heterocycles. The van der Waals surface area contributed by atoms with Crippen LogP contribution >= 0.6 is 7.60 Å². The third-order valence-corrected chi connectivity index (χ3v) is 8.35. The Morgan fingerprint density at radius 3 is 2.02 bits per heavy atom. The van der Waals surface area contributed by atoms with Gasteiger partial charge in [0.05, 0.1) is 38.8 Å². The van der Waals surface area contributed by atoms with Crippen LogP contribution in [0.5, 0.6) is 0 Å². The molecule has 0 bridgehead atoms. The minimum Gasteiger partial charge on any atom is -0.777 e. The molecule has 242 valence electrons. The average molecular weight is 636 g/mol. The number of unbranched alkanes of at least 4 members (excludes halogenated alkanes) is 15. The Balaban J connectivity index is 0.00000924. The minimum absolute atomic E-state index is 0. The first kappa shape index (κ1) is 40.4. The molecule has 2 rings (SSSR count). The van der Waals surface area contributed by atoms with Gasteiger partial charge >= 0.3 is 29.6 Å². The van der Waals surface area contributed by atoms with Gasteiger partial charge in [0.1, 0.15) is 18.2 Å². The summed E-state index contributed by atoms with van der Waals surface area (Å²) in [7, 11) is -2.67. The fourth-order valence-corrected chi connectivity index (χ4v) is 5.74. The van der Waals surface area contributed by atoms with E-state index in [0.717, 1.165) is 12.8 Å². The summed E-state index contributed by atoms with van der Waals surface area (Å²) in [5, 5.41) is 0. The maximum Gasteiger partial charge on any atom is 1.00 e. The van der Waals surface area contributed by atoms with Gasteiger partial charge in [0.25, 0.3) is 0 Å². The van der Waals surface area contributed by atoms with Gasteiger partial charge in [0, 0.05) is 13.7 Å². The van der Waals surface area contributed by atoms with Crippen LogP contribution in [-0.2, 0) is 29.8 Å². The molecule has 11 nitrogen and oxygen atoms in total. The average Bonchev–Trinajstić information content (AvgIpc) is 3.39. The number of methoxy groups -OCH3 is 1. The van der Waals surface area contributed by atoms with Gasteiger partial charge in [-0.1, -0.05) is 103 Å². The minimum atomic E-state index is -4.19. The molecule has 2 heterocycles. The molecular weight excluding hydrogens is 580 g/mol. The second-order valence-electron chi connectivity index (χ2n) is 11.1. The Morgan fingerprint density at radius 2 is 1.44 bits per heavy atom. The smallest absolute Gasteiger partial charge is 0.777 e. The summed E-state index contributed by atoms with van der Waals surface area (Å²) >= 11 is 0.